The van der Waals surface area contributed by atoms with Crippen LogP contribution in [-0.4, -0.2) is 60.3 Å². The second kappa shape index (κ2) is 12.2. The number of hydrogen-bond donors (Lipinski definition) is 1. The molecule has 2 amide bonds. The van der Waals surface area contributed by atoms with Gasteiger partial charge in [0.1, 0.15) is 29.6 Å². The first kappa shape index (κ1) is 27.1. The Bertz CT molecular complexity index is 1500. The molecule has 5 rings (SSSR count). The number of hydrogen-bond acceptors (Lipinski definition) is 7. The number of methoxy groups -OCH3 is 2. The number of nitrogens with one attached hydrogen (secondary N) is 1. The summed E-state index contributed by atoms with van der Waals surface area (Å²) in [5, 5.41) is 11.4. The summed E-state index contributed by atoms with van der Waals surface area (Å²) < 4.78 is 18.4. The number of rotatable bonds is 10. The van der Waals surface area contributed by atoms with Crippen molar-refractivity contribution in [2.45, 2.75) is 38.5 Å². The molecule has 0 spiro atoms. The number of anilines is 1. The number of amides is 2. The van der Waals surface area contributed by atoms with Crippen molar-refractivity contribution in [3.63, 3.8) is 0 Å². The second-order valence-corrected chi connectivity index (χ2v) is 9.68. The maximum absolute atomic E-state index is 14.3. The van der Waals surface area contributed by atoms with Crippen molar-refractivity contribution < 1.29 is 23.8 Å². The minimum absolute atomic E-state index is 0.0634. The predicted molar refractivity (Wildman–Crippen MR) is 150 cm³/mol. The zero-order valence-corrected chi connectivity index (χ0v) is 22.9. The van der Waals surface area contributed by atoms with Crippen LogP contribution < -0.4 is 19.7 Å². The average Bonchev–Trinajstić information content (AvgIpc) is 3.65. The van der Waals surface area contributed by atoms with E-state index < -0.39 is 6.04 Å². The van der Waals surface area contributed by atoms with Gasteiger partial charge in [-0.3, -0.25) is 14.5 Å². The van der Waals surface area contributed by atoms with Gasteiger partial charge in [-0.05, 0) is 55.7 Å². The van der Waals surface area contributed by atoms with Gasteiger partial charge in [0.15, 0.2) is 0 Å². The van der Waals surface area contributed by atoms with E-state index in [9.17, 15) is 9.59 Å². The highest BCUT2D eigenvalue weighted by Crippen LogP contribution is 2.37. The number of para-hydroxylation sites is 2. The lowest BCUT2D eigenvalue weighted by molar-refractivity contribution is -0.127. The van der Waals surface area contributed by atoms with Gasteiger partial charge < -0.3 is 19.5 Å². The average molecular weight is 544 g/mol. The van der Waals surface area contributed by atoms with Crippen molar-refractivity contribution in [2.24, 2.45) is 0 Å². The van der Waals surface area contributed by atoms with Gasteiger partial charge >= 0.3 is 0 Å². The van der Waals surface area contributed by atoms with Crippen LogP contribution in [0.25, 0.3) is 11.0 Å². The molecular formula is C30H33N5O5. The molecule has 10 heteroatoms. The molecule has 4 aromatic rings. The molecule has 1 aliphatic heterocycles. The lowest BCUT2D eigenvalue weighted by Gasteiger charge is -2.33. The Labute approximate surface area is 232 Å². The van der Waals surface area contributed by atoms with Crippen LogP contribution in [0.3, 0.4) is 0 Å². The van der Waals surface area contributed by atoms with E-state index in [0.29, 0.717) is 41.4 Å². The van der Waals surface area contributed by atoms with Crippen LogP contribution in [0.2, 0.25) is 0 Å². The normalized spacial score (nSPS) is 15.5. The molecule has 10 nitrogen and oxygen atoms in total. The van der Waals surface area contributed by atoms with Crippen LogP contribution in [0.1, 0.15) is 30.0 Å². The Morgan fingerprint density at radius 3 is 2.65 bits per heavy atom. The van der Waals surface area contributed by atoms with Crippen molar-refractivity contribution in [1.29, 1.82) is 0 Å². The lowest BCUT2D eigenvalue weighted by Crippen LogP contribution is -2.47. The first-order chi connectivity index (χ1) is 19.5. The van der Waals surface area contributed by atoms with Crippen molar-refractivity contribution >= 4 is 28.5 Å². The highest BCUT2D eigenvalue weighted by Gasteiger charge is 2.36. The zero-order chi connectivity index (χ0) is 28.1. The number of ether oxygens (including phenoxy) is 3. The summed E-state index contributed by atoms with van der Waals surface area (Å²) in [6.07, 6.45) is 1.76. The van der Waals surface area contributed by atoms with Crippen LogP contribution in [0.15, 0.2) is 66.7 Å². The van der Waals surface area contributed by atoms with Crippen molar-refractivity contribution in [3.8, 4) is 11.5 Å². The summed E-state index contributed by atoms with van der Waals surface area (Å²) >= 11 is 0. The van der Waals surface area contributed by atoms with Crippen LogP contribution >= 0.6 is 0 Å². The molecule has 2 atom stereocenters. The summed E-state index contributed by atoms with van der Waals surface area (Å²) in [5.74, 6) is 0.315. The molecule has 1 fully saturated rings. The predicted octanol–water partition coefficient (Wildman–Crippen LogP) is 3.83. The summed E-state index contributed by atoms with van der Waals surface area (Å²) in [4.78, 5) is 29.9. The topological polar surface area (TPSA) is 108 Å². The van der Waals surface area contributed by atoms with Crippen LogP contribution in [-0.2, 0) is 20.9 Å². The number of carbonyl (C=O) groups excluding carboxylic acids is 2. The highest BCUT2D eigenvalue weighted by molar-refractivity contribution is 6.02. The molecule has 3 aromatic carbocycles. The van der Waals surface area contributed by atoms with E-state index in [4.69, 9.17) is 14.2 Å². The minimum Gasteiger partial charge on any atom is -0.497 e. The van der Waals surface area contributed by atoms with E-state index in [-0.39, 0.29) is 24.5 Å². The second-order valence-electron chi connectivity index (χ2n) is 9.68. The lowest BCUT2D eigenvalue weighted by atomic mass is 10.00. The third kappa shape index (κ3) is 5.62. The summed E-state index contributed by atoms with van der Waals surface area (Å²) in [6, 6.07) is 19.1. The fourth-order valence-corrected chi connectivity index (χ4v) is 5.05. The molecule has 1 aromatic heterocycles. The third-order valence-corrected chi connectivity index (χ3v) is 7.12. The van der Waals surface area contributed by atoms with E-state index in [1.54, 1.807) is 30.0 Å². The fraction of sp³-hybridized carbons (Fsp3) is 0.333. The van der Waals surface area contributed by atoms with Gasteiger partial charge in [0, 0.05) is 30.5 Å². The van der Waals surface area contributed by atoms with Gasteiger partial charge in [0.05, 0.1) is 25.8 Å². The van der Waals surface area contributed by atoms with Crippen molar-refractivity contribution in [2.75, 3.05) is 32.3 Å². The smallest absolute Gasteiger partial charge is 0.249 e. The van der Waals surface area contributed by atoms with Crippen LogP contribution in [0, 0.1) is 6.92 Å². The standard InChI is InChI=1S/C30H33N5O5/c1-20-9-4-6-12-25(20)35(28(36)19-34-26-13-7-5-11-24(26)32-33-34)29(30(37)31-18-22-10-8-16-40-22)23-15-14-21(38-2)17-27(23)39-3/h4-7,9,11-15,17,22,29H,8,10,16,18-19H2,1-3H3,(H,31,37)/t22-,29-/m1/s1. The highest BCUT2D eigenvalue weighted by atomic mass is 16.5. The molecule has 0 unspecified atom stereocenters. The number of aryl methyl sites for hydroxylation is 1. The van der Waals surface area contributed by atoms with Crippen molar-refractivity contribution in [3.05, 3.63) is 77.9 Å². The summed E-state index contributed by atoms with van der Waals surface area (Å²) in [5.41, 5.74) is 3.37. The SMILES string of the molecule is COc1ccc([C@H](C(=O)NC[C@H]2CCCO2)N(C(=O)Cn2nnc3ccccc32)c2ccccc2C)c(OC)c1. The Balaban J connectivity index is 1.60. The third-order valence-electron chi connectivity index (χ3n) is 7.12. The Hall–Kier alpha value is -4.44. The van der Waals surface area contributed by atoms with Gasteiger partial charge in [0.2, 0.25) is 11.8 Å². The molecule has 208 valence electrons. The molecule has 40 heavy (non-hydrogen) atoms. The van der Waals surface area contributed by atoms with E-state index in [2.05, 4.69) is 15.6 Å². The van der Waals surface area contributed by atoms with Gasteiger partial charge in [-0.1, -0.05) is 35.5 Å². The Morgan fingerprint density at radius 2 is 1.90 bits per heavy atom. The first-order valence-electron chi connectivity index (χ1n) is 13.3. The Morgan fingerprint density at radius 1 is 1.10 bits per heavy atom. The van der Waals surface area contributed by atoms with E-state index >= 15 is 0 Å². The van der Waals surface area contributed by atoms with Gasteiger partial charge in [-0.25, -0.2) is 4.68 Å². The molecule has 0 radical (unpaired) electrons. The van der Waals surface area contributed by atoms with Gasteiger partial charge in [0.25, 0.3) is 0 Å². The van der Waals surface area contributed by atoms with Crippen LogP contribution in [0.5, 0.6) is 11.5 Å². The molecule has 1 N–H and O–H groups in total. The molecule has 1 saturated heterocycles. The quantitative estimate of drug-likeness (QED) is 0.324. The number of benzene rings is 3. The molecule has 0 saturated carbocycles. The molecular weight excluding hydrogens is 510 g/mol. The monoisotopic (exact) mass is 543 g/mol. The number of carbonyl (C=O) groups is 2. The van der Waals surface area contributed by atoms with Crippen molar-refractivity contribution in [1.82, 2.24) is 20.3 Å². The fourth-order valence-electron chi connectivity index (χ4n) is 5.05. The molecule has 0 aliphatic carbocycles. The van der Waals surface area contributed by atoms with Crippen LogP contribution in [0.4, 0.5) is 5.69 Å². The minimum atomic E-state index is -1.05. The number of aromatic nitrogens is 3. The number of fused-ring (bicyclic) bond motifs is 1. The van der Waals surface area contributed by atoms with Gasteiger partial charge in [-0.2, -0.15) is 0 Å². The first-order valence-corrected chi connectivity index (χ1v) is 13.3. The maximum Gasteiger partial charge on any atom is 0.249 e. The Kier molecular flexibility index (Phi) is 8.26. The van der Waals surface area contributed by atoms with Gasteiger partial charge in [-0.15, -0.1) is 5.10 Å². The summed E-state index contributed by atoms with van der Waals surface area (Å²) in [6.45, 7) is 2.81. The molecule has 1 aliphatic rings. The van der Waals surface area contributed by atoms with E-state index in [1.807, 2.05) is 55.5 Å². The zero-order valence-electron chi connectivity index (χ0n) is 22.9. The summed E-state index contributed by atoms with van der Waals surface area (Å²) in [7, 11) is 3.09. The number of nitrogens with zero attached hydrogens (tertiary/aromatic N) is 4. The van der Waals surface area contributed by atoms with E-state index in [1.165, 1.54) is 12.0 Å². The molecule has 2 heterocycles. The maximum atomic E-state index is 14.3. The van der Waals surface area contributed by atoms with E-state index in [0.717, 1.165) is 23.9 Å². The molecule has 0 bridgehead atoms. The largest absolute Gasteiger partial charge is 0.497 e.